The minimum atomic E-state index is -0.490. The van der Waals surface area contributed by atoms with Gasteiger partial charge in [0.2, 0.25) is 0 Å². The number of hydrazone groups is 1. The number of benzene rings is 2. The van der Waals surface area contributed by atoms with Crippen molar-refractivity contribution in [2.75, 3.05) is 6.61 Å². The second kappa shape index (κ2) is 10.3. The van der Waals surface area contributed by atoms with Crippen LogP contribution in [0, 0.1) is 0 Å². The zero-order valence-corrected chi connectivity index (χ0v) is 18.3. The molecule has 1 heterocycles. The fourth-order valence-corrected chi connectivity index (χ4v) is 3.60. The predicted octanol–water partition coefficient (Wildman–Crippen LogP) is 6.57. The van der Waals surface area contributed by atoms with E-state index in [1.54, 1.807) is 24.3 Å². The minimum Gasteiger partial charge on any atom is -0.482 e. The summed E-state index contributed by atoms with van der Waals surface area (Å²) in [7, 11) is 0. The first kappa shape index (κ1) is 21.9. The lowest BCUT2D eigenvalue weighted by Crippen LogP contribution is -2.24. The number of hydrogen-bond donors (Lipinski definition) is 1. The van der Waals surface area contributed by atoms with Gasteiger partial charge in [-0.3, -0.25) is 4.79 Å². The second-order valence-corrected chi connectivity index (χ2v) is 8.23. The van der Waals surface area contributed by atoms with Crippen LogP contribution in [0.25, 0.3) is 0 Å². The van der Waals surface area contributed by atoms with E-state index in [-0.39, 0.29) is 22.4 Å². The van der Waals surface area contributed by atoms with E-state index < -0.39 is 5.91 Å². The Morgan fingerprint density at radius 3 is 2.59 bits per heavy atom. The van der Waals surface area contributed by atoms with E-state index in [1.165, 1.54) is 30.1 Å². The van der Waals surface area contributed by atoms with Crippen LogP contribution in [0.1, 0.15) is 5.76 Å². The van der Waals surface area contributed by atoms with E-state index in [0.717, 1.165) is 4.90 Å². The Labute approximate surface area is 190 Å². The number of nitrogens with one attached hydrogen (secondary N) is 1. The van der Waals surface area contributed by atoms with Crippen molar-refractivity contribution in [3.8, 4) is 5.75 Å². The van der Waals surface area contributed by atoms with Gasteiger partial charge in [0, 0.05) is 21.0 Å². The van der Waals surface area contributed by atoms with Crippen molar-refractivity contribution < 1.29 is 13.9 Å². The van der Waals surface area contributed by atoms with Crippen molar-refractivity contribution in [2.24, 2.45) is 5.10 Å². The average Bonchev–Trinajstić information content (AvgIpc) is 3.12. The first-order valence-corrected chi connectivity index (χ1v) is 10.4. The molecule has 0 fully saturated rings. The number of rotatable bonds is 7. The predicted molar refractivity (Wildman–Crippen MR) is 117 cm³/mol. The molecule has 5 nitrogen and oxygen atoms in total. The molecule has 1 aromatic heterocycles. The Hall–Kier alpha value is -1.83. The van der Waals surface area contributed by atoms with E-state index in [9.17, 15) is 4.79 Å². The van der Waals surface area contributed by atoms with Gasteiger partial charge < -0.3 is 9.15 Å². The fraction of sp³-hybridized carbons (Fsp3) is 0.0526. The first-order valence-electron chi connectivity index (χ1n) is 8.03. The molecule has 1 amide bonds. The van der Waals surface area contributed by atoms with Crippen LogP contribution in [0.15, 0.2) is 68.0 Å². The van der Waals surface area contributed by atoms with Crippen LogP contribution in [-0.2, 0) is 4.79 Å². The van der Waals surface area contributed by atoms with Gasteiger partial charge in [0.1, 0.15) is 16.5 Å². The van der Waals surface area contributed by atoms with Gasteiger partial charge in [-0.05, 0) is 42.5 Å². The van der Waals surface area contributed by atoms with Gasteiger partial charge in [-0.2, -0.15) is 5.10 Å². The molecule has 10 heteroatoms. The van der Waals surface area contributed by atoms with Crippen molar-refractivity contribution in [1.82, 2.24) is 5.43 Å². The summed E-state index contributed by atoms with van der Waals surface area (Å²) < 4.78 is 10.9. The maximum absolute atomic E-state index is 11.9. The van der Waals surface area contributed by atoms with Crippen molar-refractivity contribution in [2.45, 2.75) is 9.99 Å². The average molecular weight is 490 g/mol. The Balaban J connectivity index is 1.49. The molecule has 3 aromatic rings. The van der Waals surface area contributed by atoms with Crippen LogP contribution in [0.3, 0.4) is 0 Å². The van der Waals surface area contributed by atoms with Gasteiger partial charge >= 0.3 is 0 Å². The zero-order chi connectivity index (χ0) is 20.8. The maximum atomic E-state index is 11.9. The van der Waals surface area contributed by atoms with Gasteiger partial charge in [0.05, 0.1) is 11.2 Å². The van der Waals surface area contributed by atoms with E-state index in [4.69, 9.17) is 55.6 Å². The molecule has 150 valence electrons. The first-order chi connectivity index (χ1) is 13.9. The standard InChI is InChI=1S/C19H12Cl4N2O3S/c20-11-1-4-14(5-2-11)29-18-6-3-13(28-18)9-24-25-17(26)10-27-16-8-12(21)7-15(22)19(16)23/h1-9H,10H2,(H,25,26). The molecule has 29 heavy (non-hydrogen) atoms. The summed E-state index contributed by atoms with van der Waals surface area (Å²) in [6.45, 7) is -0.316. The van der Waals surface area contributed by atoms with Gasteiger partial charge in [0.25, 0.3) is 5.91 Å². The van der Waals surface area contributed by atoms with Crippen molar-refractivity contribution >= 4 is 70.3 Å². The van der Waals surface area contributed by atoms with E-state index in [0.29, 0.717) is 20.9 Å². The van der Waals surface area contributed by atoms with Crippen LogP contribution in [0.2, 0.25) is 20.1 Å². The van der Waals surface area contributed by atoms with Crippen molar-refractivity contribution in [1.29, 1.82) is 0 Å². The number of hydrogen-bond acceptors (Lipinski definition) is 5. The largest absolute Gasteiger partial charge is 0.482 e. The number of carbonyl (C=O) groups excluding carboxylic acids is 1. The van der Waals surface area contributed by atoms with E-state index >= 15 is 0 Å². The molecule has 0 aliphatic heterocycles. The molecule has 0 unspecified atom stereocenters. The monoisotopic (exact) mass is 488 g/mol. The summed E-state index contributed by atoms with van der Waals surface area (Å²) in [4.78, 5) is 12.8. The highest BCUT2D eigenvalue weighted by molar-refractivity contribution is 7.99. The summed E-state index contributed by atoms with van der Waals surface area (Å²) in [6, 6.07) is 13.9. The molecule has 1 N–H and O–H groups in total. The molecule has 3 rings (SSSR count). The Morgan fingerprint density at radius 1 is 1.07 bits per heavy atom. The van der Waals surface area contributed by atoms with E-state index in [1.807, 2.05) is 12.1 Å². The van der Waals surface area contributed by atoms with Crippen LogP contribution < -0.4 is 10.2 Å². The van der Waals surface area contributed by atoms with Gasteiger partial charge in [0.15, 0.2) is 11.7 Å². The lowest BCUT2D eigenvalue weighted by molar-refractivity contribution is -0.123. The van der Waals surface area contributed by atoms with Crippen LogP contribution in [-0.4, -0.2) is 18.7 Å². The lowest BCUT2D eigenvalue weighted by atomic mass is 10.3. The van der Waals surface area contributed by atoms with Crippen LogP contribution >= 0.6 is 58.2 Å². The van der Waals surface area contributed by atoms with Gasteiger partial charge in [-0.15, -0.1) is 0 Å². The Kier molecular flexibility index (Phi) is 7.75. The third-order valence-electron chi connectivity index (χ3n) is 3.33. The highest BCUT2D eigenvalue weighted by Crippen LogP contribution is 2.35. The summed E-state index contributed by atoms with van der Waals surface area (Å²) in [5, 5.41) is 5.93. The van der Waals surface area contributed by atoms with Gasteiger partial charge in [-0.25, -0.2) is 5.43 Å². The number of furan rings is 1. The second-order valence-electron chi connectivity index (χ2n) is 5.49. The highest BCUT2D eigenvalue weighted by Gasteiger charge is 2.10. The topological polar surface area (TPSA) is 63.8 Å². The Bertz CT molecular complexity index is 1040. The molecule has 0 saturated heterocycles. The number of nitrogens with zero attached hydrogens (tertiary/aromatic N) is 1. The minimum absolute atomic E-state index is 0.175. The number of carbonyl (C=O) groups is 1. The van der Waals surface area contributed by atoms with Crippen LogP contribution in [0.4, 0.5) is 0 Å². The zero-order valence-electron chi connectivity index (χ0n) is 14.5. The third kappa shape index (κ3) is 6.59. The molecular weight excluding hydrogens is 478 g/mol. The molecular formula is C19H12Cl4N2O3S. The molecule has 0 atom stereocenters. The Morgan fingerprint density at radius 2 is 1.83 bits per heavy atom. The van der Waals surface area contributed by atoms with Crippen molar-refractivity contribution in [3.05, 3.63) is 74.4 Å². The summed E-state index contributed by atoms with van der Waals surface area (Å²) in [5.74, 6) is 0.196. The quantitative estimate of drug-likeness (QED) is 0.231. The summed E-state index contributed by atoms with van der Waals surface area (Å²) in [5.41, 5.74) is 2.33. The lowest BCUT2D eigenvalue weighted by Gasteiger charge is -2.08. The number of ether oxygens (including phenoxy) is 1. The van der Waals surface area contributed by atoms with Gasteiger partial charge in [-0.1, -0.05) is 58.2 Å². The molecule has 0 aliphatic rings. The molecule has 0 aliphatic carbocycles. The third-order valence-corrected chi connectivity index (χ3v) is 5.52. The smallest absolute Gasteiger partial charge is 0.277 e. The normalized spacial score (nSPS) is 11.0. The molecule has 0 saturated carbocycles. The summed E-state index contributed by atoms with van der Waals surface area (Å²) >= 11 is 25.1. The molecule has 0 spiro atoms. The number of amides is 1. The van der Waals surface area contributed by atoms with Crippen molar-refractivity contribution in [3.63, 3.8) is 0 Å². The molecule has 2 aromatic carbocycles. The fourth-order valence-electron chi connectivity index (χ4n) is 2.06. The van der Waals surface area contributed by atoms with Crippen LogP contribution in [0.5, 0.6) is 5.75 Å². The van der Waals surface area contributed by atoms with E-state index in [2.05, 4.69) is 10.5 Å². The maximum Gasteiger partial charge on any atom is 0.277 e. The number of halogens is 4. The summed E-state index contributed by atoms with van der Waals surface area (Å²) in [6.07, 6.45) is 1.38. The highest BCUT2D eigenvalue weighted by atomic mass is 35.5. The SMILES string of the molecule is O=C(COc1cc(Cl)cc(Cl)c1Cl)NN=Cc1ccc(Sc2ccc(Cl)cc2)o1. The molecule has 0 radical (unpaired) electrons. The molecule has 0 bridgehead atoms.